The topological polar surface area (TPSA) is 183 Å². The summed E-state index contributed by atoms with van der Waals surface area (Å²) in [5, 5.41) is 60.8. The van der Waals surface area contributed by atoms with Crippen molar-refractivity contribution < 1.29 is 54.4 Å². The van der Waals surface area contributed by atoms with Gasteiger partial charge in [0.05, 0.1) is 25.2 Å². The molecule has 4 rings (SSSR count). The van der Waals surface area contributed by atoms with E-state index < -0.39 is 79.5 Å². The molecule has 4 aliphatic rings. The third-order valence-electron chi connectivity index (χ3n) is 7.02. The largest absolute Gasteiger partial charge is 0.459 e. The summed E-state index contributed by atoms with van der Waals surface area (Å²) in [6.45, 7) is 1.80. The minimum absolute atomic E-state index is 0.0355. The lowest BCUT2D eigenvalue weighted by molar-refractivity contribution is -0.318. The number of rotatable bonds is 4. The maximum atomic E-state index is 12.6. The number of allylic oxidation sites excluding steroid dienone is 1. The van der Waals surface area contributed by atoms with Gasteiger partial charge in [-0.15, -0.1) is 0 Å². The summed E-state index contributed by atoms with van der Waals surface area (Å²) in [7, 11) is 0. The molecule has 0 spiro atoms. The van der Waals surface area contributed by atoms with Gasteiger partial charge in [-0.1, -0.05) is 11.1 Å². The Kier molecular flexibility index (Phi) is 6.06. The zero-order chi connectivity index (χ0) is 23.5. The van der Waals surface area contributed by atoms with Gasteiger partial charge in [-0.3, -0.25) is 4.79 Å². The molecule has 0 radical (unpaired) electrons. The van der Waals surface area contributed by atoms with Crippen molar-refractivity contribution >= 4 is 11.8 Å². The third-order valence-corrected chi connectivity index (χ3v) is 7.02. The quantitative estimate of drug-likeness (QED) is 0.242. The van der Waals surface area contributed by atoms with E-state index in [0.29, 0.717) is 16.7 Å². The molecule has 11 heteroatoms. The summed E-state index contributed by atoms with van der Waals surface area (Å²) in [4.78, 5) is 25.2. The average Bonchev–Trinajstić information content (AvgIpc) is 3.14. The highest BCUT2D eigenvalue weighted by Gasteiger charge is 2.64. The van der Waals surface area contributed by atoms with Crippen LogP contribution in [-0.2, 0) is 23.8 Å². The van der Waals surface area contributed by atoms with Gasteiger partial charge in [0.2, 0.25) is 0 Å². The number of aliphatic hydroxyl groups is 6. The van der Waals surface area contributed by atoms with Crippen molar-refractivity contribution in [2.45, 2.75) is 68.8 Å². The molecule has 2 heterocycles. The molecule has 0 aromatic rings. The molecule has 0 aromatic heterocycles. The highest BCUT2D eigenvalue weighted by molar-refractivity contribution is 6.09. The van der Waals surface area contributed by atoms with Gasteiger partial charge < -0.3 is 44.8 Å². The summed E-state index contributed by atoms with van der Waals surface area (Å²) in [6.07, 6.45) is -8.34. The number of ether oxygens (including phenoxy) is 3. The molecule has 10 atom stereocenters. The highest BCUT2D eigenvalue weighted by atomic mass is 16.7. The van der Waals surface area contributed by atoms with Crippen LogP contribution in [0.25, 0.3) is 0 Å². The van der Waals surface area contributed by atoms with Gasteiger partial charge in [-0.2, -0.15) is 0 Å². The number of fused-ring (bicyclic) bond motifs is 3. The predicted molar refractivity (Wildman–Crippen MR) is 104 cm³/mol. The first-order valence-electron chi connectivity index (χ1n) is 10.5. The molecule has 0 unspecified atom stereocenters. The fraction of sp³-hybridized carbons (Fsp3) is 0.714. The first-order chi connectivity index (χ1) is 15.0. The Bertz CT molecular complexity index is 864. The average molecular weight is 456 g/mol. The van der Waals surface area contributed by atoms with Crippen LogP contribution in [0.2, 0.25) is 0 Å². The second-order valence-electron chi connectivity index (χ2n) is 8.98. The number of carbonyl (C=O) groups is 2. The second kappa shape index (κ2) is 8.26. The van der Waals surface area contributed by atoms with Gasteiger partial charge >= 0.3 is 5.97 Å². The lowest BCUT2D eigenvalue weighted by atomic mass is 9.76. The normalized spacial score (nSPS) is 46.5. The lowest BCUT2D eigenvalue weighted by Crippen LogP contribution is -2.61. The molecular weight excluding hydrogens is 428 g/mol. The SMILES string of the molecule is CC1=CC(=O)C2=C(C)C[C@H](O[C@@H]3O[C@H](CO)[C@@H](O)[C@H](O)[C@H]3O)[C@@H]3[C@H](OC(=O)[C@@]3(O)CO)[C@@H]12. The molecule has 2 fully saturated rings. The molecule has 11 nitrogen and oxygen atoms in total. The summed E-state index contributed by atoms with van der Waals surface area (Å²) < 4.78 is 16.8. The van der Waals surface area contributed by atoms with E-state index in [9.17, 15) is 40.2 Å². The standard InChI is InChI=1S/C21H28O11/c1-7-3-9(24)12-8(2)4-10(14-18(13(7)12)32-20(28)21(14,29)6-23)30-19-17(27)16(26)15(25)11(5-22)31-19/h3,10-11,13-19,22-23,25-27,29H,4-6H2,1-2H3/t10-,11+,13-,14+,15+,16-,17+,18+,19+,21+/m0/s1. The molecule has 0 aromatic carbocycles. The van der Waals surface area contributed by atoms with E-state index in [-0.39, 0.29) is 12.2 Å². The first kappa shape index (κ1) is 23.5. The van der Waals surface area contributed by atoms with Crippen LogP contribution in [0.5, 0.6) is 0 Å². The Balaban J connectivity index is 1.73. The molecule has 2 aliphatic carbocycles. The summed E-state index contributed by atoms with van der Waals surface area (Å²) in [5.74, 6) is -3.06. The van der Waals surface area contributed by atoms with Crippen molar-refractivity contribution in [2.24, 2.45) is 11.8 Å². The van der Waals surface area contributed by atoms with Crippen LogP contribution in [0.4, 0.5) is 0 Å². The van der Waals surface area contributed by atoms with E-state index in [1.165, 1.54) is 6.08 Å². The van der Waals surface area contributed by atoms with Crippen LogP contribution in [-0.4, -0.2) is 104 Å². The lowest BCUT2D eigenvalue weighted by Gasteiger charge is -2.42. The van der Waals surface area contributed by atoms with E-state index in [4.69, 9.17) is 14.2 Å². The third kappa shape index (κ3) is 3.35. The summed E-state index contributed by atoms with van der Waals surface area (Å²) in [6, 6.07) is 0. The molecule has 32 heavy (non-hydrogen) atoms. The van der Waals surface area contributed by atoms with Crippen molar-refractivity contribution in [1.82, 2.24) is 0 Å². The van der Waals surface area contributed by atoms with Gasteiger partial charge in [-0.25, -0.2) is 4.79 Å². The van der Waals surface area contributed by atoms with Gasteiger partial charge in [-0.05, 0) is 26.3 Å². The molecule has 178 valence electrons. The number of ketones is 1. The maximum Gasteiger partial charge on any atom is 0.341 e. The van der Waals surface area contributed by atoms with E-state index in [0.717, 1.165) is 0 Å². The minimum atomic E-state index is -2.33. The molecule has 0 saturated carbocycles. The summed E-state index contributed by atoms with van der Waals surface area (Å²) in [5.41, 5.74) is -0.644. The molecule has 6 N–H and O–H groups in total. The van der Waals surface area contributed by atoms with Crippen LogP contribution >= 0.6 is 0 Å². The number of esters is 1. The Labute approximate surface area is 183 Å². The smallest absolute Gasteiger partial charge is 0.341 e. The van der Waals surface area contributed by atoms with Gasteiger partial charge in [0.15, 0.2) is 17.7 Å². The monoisotopic (exact) mass is 456 g/mol. The van der Waals surface area contributed by atoms with Crippen LogP contribution in [0.1, 0.15) is 20.3 Å². The summed E-state index contributed by atoms with van der Waals surface area (Å²) >= 11 is 0. The number of hydrogen-bond acceptors (Lipinski definition) is 11. The number of hydrogen-bond donors (Lipinski definition) is 6. The molecular formula is C21H28O11. The minimum Gasteiger partial charge on any atom is -0.459 e. The van der Waals surface area contributed by atoms with E-state index in [2.05, 4.69) is 0 Å². The van der Waals surface area contributed by atoms with Crippen molar-refractivity contribution in [2.75, 3.05) is 13.2 Å². The van der Waals surface area contributed by atoms with Crippen molar-refractivity contribution in [3.8, 4) is 0 Å². The van der Waals surface area contributed by atoms with Crippen LogP contribution in [0, 0.1) is 11.8 Å². The van der Waals surface area contributed by atoms with Gasteiger partial charge in [0.25, 0.3) is 0 Å². The Morgan fingerprint density at radius 1 is 1.12 bits per heavy atom. The fourth-order valence-corrected chi connectivity index (χ4v) is 5.35. The van der Waals surface area contributed by atoms with Gasteiger partial charge in [0, 0.05) is 11.5 Å². The number of aliphatic hydroxyl groups excluding tert-OH is 5. The zero-order valence-electron chi connectivity index (χ0n) is 17.6. The van der Waals surface area contributed by atoms with Crippen LogP contribution in [0.3, 0.4) is 0 Å². The van der Waals surface area contributed by atoms with Gasteiger partial charge in [0.1, 0.15) is 30.5 Å². The molecule has 0 amide bonds. The molecule has 2 aliphatic heterocycles. The zero-order valence-corrected chi connectivity index (χ0v) is 17.6. The van der Waals surface area contributed by atoms with Crippen LogP contribution < -0.4 is 0 Å². The van der Waals surface area contributed by atoms with Crippen molar-refractivity contribution in [3.05, 3.63) is 22.8 Å². The Morgan fingerprint density at radius 3 is 2.44 bits per heavy atom. The maximum absolute atomic E-state index is 12.6. The Morgan fingerprint density at radius 2 is 1.81 bits per heavy atom. The van der Waals surface area contributed by atoms with Crippen molar-refractivity contribution in [3.63, 3.8) is 0 Å². The Hall–Kier alpha value is -1.70. The van der Waals surface area contributed by atoms with E-state index in [1.54, 1.807) is 13.8 Å². The van der Waals surface area contributed by atoms with Crippen molar-refractivity contribution in [1.29, 1.82) is 0 Å². The van der Waals surface area contributed by atoms with Crippen LogP contribution in [0.15, 0.2) is 22.8 Å². The predicted octanol–water partition coefficient (Wildman–Crippen LogP) is -2.70. The van der Waals surface area contributed by atoms with E-state index in [1.807, 2.05) is 0 Å². The van der Waals surface area contributed by atoms with E-state index >= 15 is 0 Å². The second-order valence-corrected chi connectivity index (χ2v) is 8.98. The first-order valence-corrected chi connectivity index (χ1v) is 10.5. The fourth-order valence-electron chi connectivity index (χ4n) is 5.35. The molecule has 0 bridgehead atoms. The highest BCUT2D eigenvalue weighted by Crippen LogP contribution is 2.50. The molecule has 2 saturated heterocycles. The number of carbonyl (C=O) groups excluding carboxylic acids is 2.